The number of nitrogens with one attached hydrogen (secondary N) is 1. The first-order chi connectivity index (χ1) is 7.69. The number of fused-ring (bicyclic) bond motifs is 1. The number of benzene rings is 1. The molecule has 0 fully saturated rings. The van der Waals surface area contributed by atoms with Crippen molar-refractivity contribution < 1.29 is 0 Å². The fraction of sp³-hybridized carbons (Fsp3) is 0.600. The summed E-state index contributed by atoms with van der Waals surface area (Å²) in [6.45, 7) is 8.08. The van der Waals surface area contributed by atoms with Crippen molar-refractivity contribution in [1.82, 2.24) is 0 Å². The molecule has 1 aliphatic rings. The molecule has 0 aromatic heterocycles. The topological polar surface area (TPSA) is 12.0 Å². The zero-order chi connectivity index (χ0) is 11.6. The van der Waals surface area contributed by atoms with Crippen LogP contribution >= 0.6 is 0 Å². The quantitative estimate of drug-likeness (QED) is 0.803. The maximum atomic E-state index is 3.52. The minimum absolute atomic E-state index is 0.341. The Morgan fingerprint density at radius 1 is 1.25 bits per heavy atom. The van der Waals surface area contributed by atoms with Gasteiger partial charge in [-0.1, -0.05) is 32.9 Å². The number of hydrogen-bond donors (Lipinski definition) is 1. The number of rotatable bonds is 3. The van der Waals surface area contributed by atoms with Crippen LogP contribution in [0.4, 0.5) is 5.69 Å². The SMILES string of the molecule is CCC(C)(CC)c1ccc2c(c1)NCCC2. The Morgan fingerprint density at radius 3 is 2.69 bits per heavy atom. The van der Waals surface area contributed by atoms with E-state index in [1.54, 1.807) is 0 Å². The molecule has 0 saturated carbocycles. The molecular weight excluding hydrogens is 194 g/mol. The zero-order valence-corrected chi connectivity index (χ0v) is 10.8. The van der Waals surface area contributed by atoms with Crippen molar-refractivity contribution in [2.75, 3.05) is 11.9 Å². The second-order valence-electron chi connectivity index (χ2n) is 5.17. The van der Waals surface area contributed by atoms with E-state index >= 15 is 0 Å². The normalized spacial score (nSPS) is 15.4. The molecule has 1 N–H and O–H groups in total. The molecule has 0 bridgehead atoms. The summed E-state index contributed by atoms with van der Waals surface area (Å²) in [6, 6.07) is 7.03. The van der Waals surface area contributed by atoms with Crippen LogP contribution in [0.1, 0.15) is 51.2 Å². The first-order valence-electron chi connectivity index (χ1n) is 6.57. The summed E-state index contributed by atoms with van der Waals surface area (Å²) in [5, 5.41) is 3.52. The van der Waals surface area contributed by atoms with Gasteiger partial charge in [0.1, 0.15) is 0 Å². The van der Waals surface area contributed by atoms with Crippen LogP contribution in [0.2, 0.25) is 0 Å². The van der Waals surface area contributed by atoms with Gasteiger partial charge in [-0.3, -0.25) is 0 Å². The van der Waals surface area contributed by atoms with Gasteiger partial charge in [0.2, 0.25) is 0 Å². The van der Waals surface area contributed by atoms with E-state index < -0.39 is 0 Å². The van der Waals surface area contributed by atoms with E-state index in [1.165, 1.54) is 42.5 Å². The van der Waals surface area contributed by atoms with Gasteiger partial charge < -0.3 is 5.32 Å². The number of anilines is 1. The minimum Gasteiger partial charge on any atom is -0.385 e. The van der Waals surface area contributed by atoms with Crippen LogP contribution in [0, 0.1) is 0 Å². The molecule has 1 aliphatic heterocycles. The van der Waals surface area contributed by atoms with Crippen molar-refractivity contribution in [2.45, 2.75) is 51.9 Å². The summed E-state index contributed by atoms with van der Waals surface area (Å²) in [5.74, 6) is 0. The van der Waals surface area contributed by atoms with Crippen LogP contribution in [-0.2, 0) is 11.8 Å². The summed E-state index contributed by atoms with van der Waals surface area (Å²) in [7, 11) is 0. The third-order valence-corrected chi connectivity index (χ3v) is 4.31. The van der Waals surface area contributed by atoms with Crippen molar-refractivity contribution in [1.29, 1.82) is 0 Å². The van der Waals surface area contributed by atoms with Crippen molar-refractivity contribution in [2.24, 2.45) is 0 Å². The Hall–Kier alpha value is -0.980. The van der Waals surface area contributed by atoms with Gasteiger partial charge in [0.15, 0.2) is 0 Å². The van der Waals surface area contributed by atoms with Crippen LogP contribution in [0.3, 0.4) is 0 Å². The average molecular weight is 217 g/mol. The van der Waals surface area contributed by atoms with Gasteiger partial charge in [0.05, 0.1) is 0 Å². The molecular formula is C15H23N. The smallest absolute Gasteiger partial charge is 0.0375 e. The second kappa shape index (κ2) is 4.48. The Balaban J connectivity index is 2.36. The third-order valence-electron chi connectivity index (χ3n) is 4.31. The van der Waals surface area contributed by atoms with Crippen molar-refractivity contribution in [3.05, 3.63) is 29.3 Å². The Bertz CT molecular complexity index is 364. The van der Waals surface area contributed by atoms with Gasteiger partial charge in [-0.05, 0) is 48.3 Å². The molecule has 1 aromatic carbocycles. The van der Waals surface area contributed by atoms with Gasteiger partial charge in [-0.2, -0.15) is 0 Å². The fourth-order valence-corrected chi connectivity index (χ4v) is 2.49. The predicted octanol–water partition coefficient (Wildman–Crippen LogP) is 4.12. The van der Waals surface area contributed by atoms with Crippen LogP contribution in [0.5, 0.6) is 0 Å². The summed E-state index contributed by atoms with van der Waals surface area (Å²) in [6.07, 6.45) is 4.92. The lowest BCUT2D eigenvalue weighted by Crippen LogP contribution is -2.21. The summed E-state index contributed by atoms with van der Waals surface area (Å²) in [4.78, 5) is 0. The highest BCUT2D eigenvalue weighted by atomic mass is 14.9. The van der Waals surface area contributed by atoms with Gasteiger partial charge in [0.25, 0.3) is 0 Å². The number of hydrogen-bond acceptors (Lipinski definition) is 1. The highest BCUT2D eigenvalue weighted by Crippen LogP contribution is 2.34. The molecule has 16 heavy (non-hydrogen) atoms. The first-order valence-corrected chi connectivity index (χ1v) is 6.57. The maximum absolute atomic E-state index is 3.52. The third kappa shape index (κ3) is 1.95. The maximum Gasteiger partial charge on any atom is 0.0375 e. The molecule has 0 atom stereocenters. The van der Waals surface area contributed by atoms with Gasteiger partial charge in [-0.15, -0.1) is 0 Å². The largest absolute Gasteiger partial charge is 0.385 e. The van der Waals surface area contributed by atoms with E-state index in [0.717, 1.165) is 6.54 Å². The molecule has 1 heteroatoms. The molecule has 88 valence electrons. The lowest BCUT2D eigenvalue weighted by molar-refractivity contribution is 0.439. The van der Waals surface area contributed by atoms with Crippen LogP contribution in [0.25, 0.3) is 0 Å². The van der Waals surface area contributed by atoms with E-state index in [9.17, 15) is 0 Å². The zero-order valence-electron chi connectivity index (χ0n) is 10.8. The van der Waals surface area contributed by atoms with Crippen molar-refractivity contribution in [3.63, 3.8) is 0 Å². The predicted molar refractivity (Wildman–Crippen MR) is 71.2 cm³/mol. The van der Waals surface area contributed by atoms with Crippen molar-refractivity contribution >= 4 is 5.69 Å². The Morgan fingerprint density at radius 2 is 2.00 bits per heavy atom. The van der Waals surface area contributed by atoms with Gasteiger partial charge in [-0.25, -0.2) is 0 Å². The highest BCUT2D eigenvalue weighted by Gasteiger charge is 2.23. The first kappa shape index (κ1) is 11.5. The average Bonchev–Trinajstić information content (AvgIpc) is 2.37. The molecule has 1 nitrogen and oxygen atoms in total. The van der Waals surface area contributed by atoms with Crippen LogP contribution in [0.15, 0.2) is 18.2 Å². The van der Waals surface area contributed by atoms with E-state index in [4.69, 9.17) is 0 Å². The van der Waals surface area contributed by atoms with Crippen molar-refractivity contribution in [3.8, 4) is 0 Å². The standard InChI is InChI=1S/C15H23N/c1-4-15(3,5-2)13-9-8-12-7-6-10-16-14(12)11-13/h8-9,11,16H,4-7,10H2,1-3H3. The fourth-order valence-electron chi connectivity index (χ4n) is 2.49. The lowest BCUT2D eigenvalue weighted by atomic mass is 9.77. The summed E-state index contributed by atoms with van der Waals surface area (Å²) < 4.78 is 0. The highest BCUT2D eigenvalue weighted by molar-refractivity contribution is 5.56. The molecule has 0 radical (unpaired) electrons. The van der Waals surface area contributed by atoms with E-state index in [1.807, 2.05) is 0 Å². The molecule has 2 rings (SSSR count). The molecule has 0 unspecified atom stereocenters. The minimum atomic E-state index is 0.341. The molecule has 0 saturated heterocycles. The monoisotopic (exact) mass is 217 g/mol. The summed E-state index contributed by atoms with van der Waals surface area (Å²) in [5.41, 5.74) is 4.70. The Labute approximate surface area is 99.3 Å². The van der Waals surface area contributed by atoms with Gasteiger partial charge in [0, 0.05) is 12.2 Å². The van der Waals surface area contributed by atoms with E-state index in [-0.39, 0.29) is 0 Å². The molecule has 1 aromatic rings. The lowest BCUT2D eigenvalue weighted by Gasteiger charge is -2.29. The Kier molecular flexibility index (Phi) is 3.22. The summed E-state index contributed by atoms with van der Waals surface area (Å²) >= 11 is 0. The van der Waals surface area contributed by atoms with E-state index in [0.29, 0.717) is 5.41 Å². The van der Waals surface area contributed by atoms with Gasteiger partial charge >= 0.3 is 0 Å². The molecule has 0 amide bonds. The molecule has 1 heterocycles. The second-order valence-corrected chi connectivity index (χ2v) is 5.17. The van der Waals surface area contributed by atoms with Crippen LogP contribution < -0.4 is 5.32 Å². The molecule has 0 spiro atoms. The van der Waals surface area contributed by atoms with Crippen LogP contribution in [-0.4, -0.2) is 6.54 Å². The van der Waals surface area contributed by atoms with E-state index in [2.05, 4.69) is 44.3 Å². The molecule has 0 aliphatic carbocycles. The number of aryl methyl sites for hydroxylation is 1.